The normalized spacial score (nSPS) is 29.2. The summed E-state index contributed by atoms with van der Waals surface area (Å²) in [6.07, 6.45) is 1.51. The Morgan fingerprint density at radius 1 is 1.33 bits per heavy atom. The Bertz CT molecular complexity index is 534. The quantitative estimate of drug-likeness (QED) is 0.800. The van der Waals surface area contributed by atoms with Crippen LogP contribution in [-0.4, -0.2) is 50.1 Å². The summed E-state index contributed by atoms with van der Waals surface area (Å²) in [5.41, 5.74) is 0.353. The lowest BCUT2D eigenvalue weighted by molar-refractivity contribution is -0.0702. The molecule has 2 unspecified atom stereocenters. The molecule has 0 aliphatic carbocycles. The number of ether oxygens (including phenoxy) is 2. The highest BCUT2D eigenvalue weighted by molar-refractivity contribution is 6.00. The van der Waals surface area contributed by atoms with E-state index in [9.17, 15) is 9.18 Å². The first-order valence-electron chi connectivity index (χ1n) is 7.27. The summed E-state index contributed by atoms with van der Waals surface area (Å²) in [6.45, 7) is 1.33. The van der Waals surface area contributed by atoms with Crippen molar-refractivity contribution >= 4 is 5.78 Å². The van der Waals surface area contributed by atoms with E-state index >= 15 is 0 Å². The Hall–Kier alpha value is -1.46. The number of hydrogen-bond acceptors (Lipinski definition) is 4. The number of rotatable bonds is 3. The zero-order valence-electron chi connectivity index (χ0n) is 12.3. The van der Waals surface area contributed by atoms with Gasteiger partial charge in [-0.3, -0.25) is 9.69 Å². The van der Waals surface area contributed by atoms with Gasteiger partial charge >= 0.3 is 0 Å². The minimum Gasteiger partial charge on any atom is -0.496 e. The summed E-state index contributed by atoms with van der Waals surface area (Å²) >= 11 is 0. The molecule has 2 aliphatic heterocycles. The summed E-state index contributed by atoms with van der Waals surface area (Å²) < 4.78 is 24.2. The van der Waals surface area contributed by atoms with Crippen LogP contribution in [0.4, 0.5) is 4.39 Å². The van der Waals surface area contributed by atoms with Crippen molar-refractivity contribution in [2.24, 2.45) is 5.92 Å². The van der Waals surface area contributed by atoms with Gasteiger partial charge in [-0.25, -0.2) is 4.39 Å². The maximum atomic E-state index is 13.5. The van der Waals surface area contributed by atoms with Crippen molar-refractivity contribution in [2.75, 3.05) is 27.4 Å². The molecular formula is C16H20FNO3. The maximum Gasteiger partial charge on any atom is 0.169 e. The standard InChI is InChI=1S/C16H20FNO3/c1-18-12-5-10(6-13(18)9-21-8-12)16(19)14-7-11(17)3-4-15(14)20-2/h3-4,7,10,12-13H,5-6,8-9H2,1-2H3. The lowest BCUT2D eigenvalue weighted by Gasteiger charge is -2.46. The molecule has 2 heterocycles. The van der Waals surface area contributed by atoms with Gasteiger partial charge < -0.3 is 9.47 Å². The first kappa shape index (κ1) is 14.5. The lowest BCUT2D eigenvalue weighted by Crippen LogP contribution is -2.55. The lowest BCUT2D eigenvalue weighted by atomic mass is 9.81. The van der Waals surface area contributed by atoms with Gasteiger partial charge in [-0.1, -0.05) is 0 Å². The number of morpholine rings is 1. The van der Waals surface area contributed by atoms with Crippen LogP contribution < -0.4 is 4.74 Å². The summed E-state index contributed by atoms with van der Waals surface area (Å²) in [7, 11) is 3.59. The third-order valence-corrected chi connectivity index (χ3v) is 4.68. The second-order valence-corrected chi connectivity index (χ2v) is 5.89. The Kier molecular flexibility index (Phi) is 3.95. The molecule has 1 aromatic rings. The summed E-state index contributed by atoms with van der Waals surface area (Å²) in [4.78, 5) is 15.1. The third kappa shape index (κ3) is 2.68. The van der Waals surface area contributed by atoms with Gasteiger partial charge in [0.25, 0.3) is 0 Å². The largest absolute Gasteiger partial charge is 0.496 e. The Morgan fingerprint density at radius 2 is 2.00 bits per heavy atom. The molecule has 2 bridgehead atoms. The van der Waals surface area contributed by atoms with Gasteiger partial charge in [0.05, 0.1) is 25.9 Å². The van der Waals surface area contributed by atoms with Gasteiger partial charge in [0, 0.05) is 18.0 Å². The van der Waals surface area contributed by atoms with E-state index in [4.69, 9.17) is 9.47 Å². The summed E-state index contributed by atoms with van der Waals surface area (Å²) in [6, 6.07) is 4.65. The number of carbonyl (C=O) groups is 1. The van der Waals surface area contributed by atoms with Crippen LogP contribution in [0.2, 0.25) is 0 Å². The van der Waals surface area contributed by atoms with E-state index in [2.05, 4.69) is 11.9 Å². The zero-order chi connectivity index (χ0) is 15.0. The van der Waals surface area contributed by atoms with Gasteiger partial charge in [-0.05, 0) is 38.1 Å². The molecule has 0 aromatic heterocycles. The van der Waals surface area contributed by atoms with Gasteiger partial charge in [0.1, 0.15) is 11.6 Å². The Morgan fingerprint density at radius 3 is 2.62 bits per heavy atom. The number of nitrogens with zero attached hydrogens (tertiary/aromatic N) is 1. The second-order valence-electron chi connectivity index (χ2n) is 5.89. The van der Waals surface area contributed by atoms with Gasteiger partial charge in [-0.2, -0.15) is 0 Å². The van der Waals surface area contributed by atoms with E-state index in [-0.39, 0.29) is 23.8 Å². The average molecular weight is 293 g/mol. The molecule has 0 saturated carbocycles. The number of hydrogen-bond donors (Lipinski definition) is 0. The van der Waals surface area contributed by atoms with Crippen LogP contribution in [0.3, 0.4) is 0 Å². The molecule has 2 saturated heterocycles. The molecule has 2 fully saturated rings. The van der Waals surface area contributed by atoms with Crippen LogP contribution in [0.25, 0.3) is 0 Å². The van der Waals surface area contributed by atoms with Gasteiger partial charge in [0.15, 0.2) is 5.78 Å². The number of halogens is 1. The van der Waals surface area contributed by atoms with E-state index < -0.39 is 5.82 Å². The molecule has 0 spiro atoms. The first-order chi connectivity index (χ1) is 10.1. The monoisotopic (exact) mass is 293 g/mol. The van der Waals surface area contributed by atoms with Crippen LogP contribution in [0.5, 0.6) is 5.75 Å². The SMILES string of the molecule is COc1ccc(F)cc1C(=O)C1CC2COCC(C1)N2C. The molecule has 0 amide bonds. The number of likely N-dealkylation sites (N-methyl/N-ethyl adjacent to an activating group) is 1. The van der Waals surface area contributed by atoms with E-state index in [1.807, 2.05) is 0 Å². The summed E-state index contributed by atoms with van der Waals surface area (Å²) in [5, 5.41) is 0. The average Bonchev–Trinajstić information content (AvgIpc) is 2.46. The molecule has 2 atom stereocenters. The molecule has 21 heavy (non-hydrogen) atoms. The van der Waals surface area contributed by atoms with Crippen molar-refractivity contribution in [1.29, 1.82) is 0 Å². The molecule has 2 aliphatic rings. The second kappa shape index (κ2) is 5.73. The first-order valence-corrected chi connectivity index (χ1v) is 7.27. The fraction of sp³-hybridized carbons (Fsp3) is 0.562. The van der Waals surface area contributed by atoms with Crippen molar-refractivity contribution < 1.29 is 18.7 Å². The van der Waals surface area contributed by atoms with E-state index in [0.29, 0.717) is 24.5 Å². The molecule has 4 nitrogen and oxygen atoms in total. The van der Waals surface area contributed by atoms with Crippen LogP contribution in [0, 0.1) is 11.7 Å². The Labute approximate surface area is 123 Å². The van der Waals surface area contributed by atoms with Gasteiger partial charge in [-0.15, -0.1) is 0 Å². The third-order valence-electron chi connectivity index (χ3n) is 4.68. The zero-order valence-corrected chi connectivity index (χ0v) is 12.3. The molecular weight excluding hydrogens is 273 g/mol. The maximum absolute atomic E-state index is 13.5. The fourth-order valence-electron chi connectivity index (χ4n) is 3.40. The molecule has 0 radical (unpaired) electrons. The number of fused-ring (bicyclic) bond motifs is 2. The van der Waals surface area contributed by atoms with Crippen molar-refractivity contribution in [1.82, 2.24) is 4.90 Å². The van der Waals surface area contributed by atoms with Crippen LogP contribution in [0.15, 0.2) is 18.2 Å². The Balaban J connectivity index is 1.84. The minimum atomic E-state index is -0.407. The molecule has 3 rings (SSSR count). The number of ketones is 1. The van der Waals surface area contributed by atoms with E-state index in [1.54, 1.807) is 0 Å². The highest BCUT2D eigenvalue weighted by atomic mass is 19.1. The number of methoxy groups -OCH3 is 1. The smallest absolute Gasteiger partial charge is 0.169 e. The van der Waals surface area contributed by atoms with Crippen molar-refractivity contribution in [3.63, 3.8) is 0 Å². The topological polar surface area (TPSA) is 38.8 Å². The molecule has 5 heteroatoms. The molecule has 114 valence electrons. The predicted molar refractivity (Wildman–Crippen MR) is 76.2 cm³/mol. The minimum absolute atomic E-state index is 0.0173. The number of Topliss-reactive ketones (excluding diaryl/α,β-unsaturated/α-hetero) is 1. The number of piperidine rings is 1. The van der Waals surface area contributed by atoms with E-state index in [0.717, 1.165) is 12.8 Å². The highest BCUT2D eigenvalue weighted by Crippen LogP contribution is 2.34. The van der Waals surface area contributed by atoms with Crippen LogP contribution in [0.1, 0.15) is 23.2 Å². The van der Waals surface area contributed by atoms with Gasteiger partial charge in [0.2, 0.25) is 0 Å². The molecule has 1 aromatic carbocycles. The fourth-order valence-corrected chi connectivity index (χ4v) is 3.40. The van der Waals surface area contributed by atoms with E-state index in [1.165, 1.54) is 25.3 Å². The van der Waals surface area contributed by atoms with Crippen molar-refractivity contribution in [3.05, 3.63) is 29.6 Å². The molecule has 0 N–H and O–H groups in total. The van der Waals surface area contributed by atoms with Crippen molar-refractivity contribution in [3.8, 4) is 5.75 Å². The highest BCUT2D eigenvalue weighted by Gasteiger charge is 2.40. The summed E-state index contributed by atoms with van der Waals surface area (Å²) in [5.74, 6) is -0.0653. The van der Waals surface area contributed by atoms with Crippen LogP contribution >= 0.6 is 0 Å². The predicted octanol–water partition coefficient (Wildman–Crippen LogP) is 2.13. The van der Waals surface area contributed by atoms with Crippen molar-refractivity contribution in [2.45, 2.75) is 24.9 Å². The van der Waals surface area contributed by atoms with Crippen LogP contribution in [-0.2, 0) is 4.74 Å². The number of carbonyl (C=O) groups excluding carboxylic acids is 1. The number of benzene rings is 1.